The molecule has 5 rings (SSSR count). The number of anilines is 1. The number of aromatic nitrogens is 2. The molecule has 2 amide bonds. The standard InChI is InChI=1S/C17H25N5O2/c1-24-16-19-3-2-14(22-16)21-15(23)20-9-17(18)12-5-10-4-11(7-12)8-13(17)6-10/h2-3,10-13H,4-9,18H2,1H3,(H2,19,20,21,22,23). The summed E-state index contributed by atoms with van der Waals surface area (Å²) in [6.45, 7) is 0.524. The zero-order valence-corrected chi connectivity index (χ0v) is 14.0. The molecule has 0 unspecified atom stereocenters. The van der Waals surface area contributed by atoms with E-state index in [9.17, 15) is 4.79 Å². The lowest BCUT2D eigenvalue weighted by Gasteiger charge is -2.59. The van der Waals surface area contributed by atoms with Crippen molar-refractivity contribution in [3.63, 3.8) is 0 Å². The van der Waals surface area contributed by atoms with Crippen LogP contribution in [-0.2, 0) is 0 Å². The predicted octanol–water partition coefficient (Wildman–Crippen LogP) is 1.76. The molecule has 0 aliphatic heterocycles. The number of nitrogens with one attached hydrogen (secondary N) is 2. The highest BCUT2D eigenvalue weighted by Crippen LogP contribution is 2.57. The Morgan fingerprint density at radius 1 is 1.29 bits per heavy atom. The van der Waals surface area contributed by atoms with Gasteiger partial charge >= 0.3 is 12.0 Å². The Hall–Kier alpha value is -1.89. The van der Waals surface area contributed by atoms with Gasteiger partial charge in [-0.15, -0.1) is 0 Å². The Morgan fingerprint density at radius 3 is 2.58 bits per heavy atom. The third-order valence-electron chi connectivity index (χ3n) is 6.27. The van der Waals surface area contributed by atoms with E-state index in [-0.39, 0.29) is 17.6 Å². The highest BCUT2D eigenvalue weighted by atomic mass is 16.5. The molecule has 4 aliphatic rings. The first-order valence-corrected chi connectivity index (χ1v) is 8.77. The molecule has 7 heteroatoms. The SMILES string of the molecule is COc1nccc(NC(=O)NCC2(N)C3CC4CC(C3)CC2C4)n1. The average molecular weight is 331 g/mol. The second kappa shape index (κ2) is 5.88. The lowest BCUT2D eigenvalue weighted by atomic mass is 9.49. The van der Waals surface area contributed by atoms with E-state index in [1.807, 2.05) is 0 Å². The van der Waals surface area contributed by atoms with Gasteiger partial charge in [0.1, 0.15) is 5.82 Å². The van der Waals surface area contributed by atoms with Crippen LogP contribution in [0.25, 0.3) is 0 Å². The Labute approximate surface area is 141 Å². The quantitative estimate of drug-likeness (QED) is 0.780. The molecule has 0 atom stereocenters. The van der Waals surface area contributed by atoms with Crippen molar-refractivity contribution in [3.8, 4) is 6.01 Å². The Morgan fingerprint density at radius 2 is 1.96 bits per heavy atom. The van der Waals surface area contributed by atoms with E-state index >= 15 is 0 Å². The molecular formula is C17H25N5O2. The molecule has 4 saturated carbocycles. The number of amides is 2. The van der Waals surface area contributed by atoms with Crippen LogP contribution in [0.3, 0.4) is 0 Å². The maximum Gasteiger partial charge on any atom is 0.320 e. The normalized spacial score (nSPS) is 36.4. The lowest BCUT2D eigenvalue weighted by Crippen LogP contribution is -2.67. The van der Waals surface area contributed by atoms with Crippen LogP contribution >= 0.6 is 0 Å². The molecule has 0 radical (unpaired) electrons. The summed E-state index contributed by atoms with van der Waals surface area (Å²) in [5, 5.41) is 5.68. The first-order valence-electron chi connectivity index (χ1n) is 8.77. The molecular weight excluding hydrogens is 306 g/mol. The number of carbonyl (C=O) groups is 1. The van der Waals surface area contributed by atoms with Gasteiger partial charge in [0.25, 0.3) is 0 Å². The van der Waals surface area contributed by atoms with Crippen LogP contribution in [0.2, 0.25) is 0 Å². The van der Waals surface area contributed by atoms with Crippen molar-refractivity contribution >= 4 is 11.8 Å². The van der Waals surface area contributed by atoms with Gasteiger partial charge in [0, 0.05) is 18.3 Å². The molecule has 0 saturated heterocycles. The minimum absolute atomic E-state index is 0.226. The molecule has 0 spiro atoms. The minimum atomic E-state index is -0.283. The van der Waals surface area contributed by atoms with Crippen LogP contribution in [0.15, 0.2) is 12.3 Å². The number of nitrogens with two attached hydrogens (primary N) is 1. The zero-order valence-electron chi connectivity index (χ0n) is 14.0. The van der Waals surface area contributed by atoms with E-state index in [4.69, 9.17) is 10.5 Å². The topological polar surface area (TPSA) is 102 Å². The zero-order chi connectivity index (χ0) is 16.7. The highest BCUT2D eigenvalue weighted by Gasteiger charge is 2.55. The van der Waals surface area contributed by atoms with Crippen molar-refractivity contribution in [2.75, 3.05) is 19.0 Å². The molecule has 4 bridgehead atoms. The van der Waals surface area contributed by atoms with E-state index in [0.717, 1.165) is 11.8 Å². The lowest BCUT2D eigenvalue weighted by molar-refractivity contribution is -0.0528. The van der Waals surface area contributed by atoms with Gasteiger partial charge in [-0.25, -0.2) is 9.78 Å². The predicted molar refractivity (Wildman–Crippen MR) is 89.6 cm³/mol. The summed E-state index contributed by atoms with van der Waals surface area (Å²) in [4.78, 5) is 20.2. The van der Waals surface area contributed by atoms with Crippen LogP contribution in [0.1, 0.15) is 32.1 Å². The van der Waals surface area contributed by atoms with Crippen molar-refractivity contribution in [2.45, 2.75) is 37.6 Å². The summed E-state index contributed by atoms with van der Waals surface area (Å²) in [7, 11) is 1.49. The maximum absolute atomic E-state index is 12.2. The highest BCUT2D eigenvalue weighted by molar-refractivity contribution is 5.88. The van der Waals surface area contributed by atoms with Gasteiger partial charge in [0.15, 0.2) is 0 Å². The second-order valence-corrected chi connectivity index (χ2v) is 7.65. The van der Waals surface area contributed by atoms with Crippen LogP contribution in [0.4, 0.5) is 10.6 Å². The van der Waals surface area contributed by atoms with Gasteiger partial charge in [-0.1, -0.05) is 0 Å². The molecule has 24 heavy (non-hydrogen) atoms. The molecule has 4 aliphatic carbocycles. The van der Waals surface area contributed by atoms with Gasteiger partial charge in [0.05, 0.1) is 7.11 Å². The van der Waals surface area contributed by atoms with Crippen LogP contribution in [0, 0.1) is 23.7 Å². The molecule has 4 fully saturated rings. The number of rotatable bonds is 4. The first kappa shape index (κ1) is 15.6. The van der Waals surface area contributed by atoms with Crippen molar-refractivity contribution in [1.82, 2.24) is 15.3 Å². The van der Waals surface area contributed by atoms with Crippen molar-refractivity contribution in [3.05, 3.63) is 12.3 Å². The molecule has 1 heterocycles. The van der Waals surface area contributed by atoms with Crippen molar-refractivity contribution < 1.29 is 9.53 Å². The minimum Gasteiger partial charge on any atom is -0.467 e. The van der Waals surface area contributed by atoms with E-state index < -0.39 is 0 Å². The van der Waals surface area contributed by atoms with Gasteiger partial charge in [-0.05, 0) is 61.8 Å². The van der Waals surface area contributed by atoms with E-state index in [1.54, 1.807) is 12.3 Å². The summed E-state index contributed by atoms with van der Waals surface area (Å²) >= 11 is 0. The summed E-state index contributed by atoms with van der Waals surface area (Å²) in [6, 6.07) is 1.57. The number of hydrogen-bond acceptors (Lipinski definition) is 5. The third-order valence-corrected chi connectivity index (χ3v) is 6.27. The van der Waals surface area contributed by atoms with E-state index in [2.05, 4.69) is 20.6 Å². The number of nitrogens with zero attached hydrogens (tertiary/aromatic N) is 2. The molecule has 1 aromatic heterocycles. The maximum atomic E-state index is 12.2. The molecule has 1 aromatic rings. The second-order valence-electron chi connectivity index (χ2n) is 7.65. The fourth-order valence-electron chi connectivity index (χ4n) is 5.25. The Bertz CT molecular complexity index is 607. The Balaban J connectivity index is 1.37. The van der Waals surface area contributed by atoms with Crippen LogP contribution in [-0.4, -0.2) is 35.2 Å². The number of ether oxygens (including phenoxy) is 1. The van der Waals surface area contributed by atoms with Gasteiger partial charge in [-0.3, -0.25) is 5.32 Å². The molecule has 4 N–H and O–H groups in total. The number of carbonyl (C=O) groups excluding carboxylic acids is 1. The molecule has 7 nitrogen and oxygen atoms in total. The summed E-state index contributed by atoms with van der Waals surface area (Å²) in [5.74, 6) is 3.25. The number of hydrogen-bond donors (Lipinski definition) is 3. The van der Waals surface area contributed by atoms with Crippen LogP contribution in [0.5, 0.6) is 6.01 Å². The van der Waals surface area contributed by atoms with E-state index in [0.29, 0.717) is 24.2 Å². The average Bonchev–Trinajstić information content (AvgIpc) is 2.57. The van der Waals surface area contributed by atoms with Crippen molar-refractivity contribution in [2.24, 2.45) is 29.4 Å². The van der Waals surface area contributed by atoms with Gasteiger partial charge < -0.3 is 15.8 Å². The van der Waals surface area contributed by atoms with Gasteiger partial charge in [-0.2, -0.15) is 4.98 Å². The Kier molecular flexibility index (Phi) is 3.83. The first-order chi connectivity index (χ1) is 11.6. The summed E-state index contributed by atoms with van der Waals surface area (Å²) < 4.78 is 4.96. The van der Waals surface area contributed by atoms with E-state index in [1.165, 1.54) is 39.2 Å². The fraction of sp³-hybridized carbons (Fsp3) is 0.706. The monoisotopic (exact) mass is 331 g/mol. The summed E-state index contributed by atoms with van der Waals surface area (Å²) in [6.07, 6.45) is 7.87. The molecule has 0 aromatic carbocycles. The number of urea groups is 1. The van der Waals surface area contributed by atoms with Crippen molar-refractivity contribution in [1.29, 1.82) is 0 Å². The van der Waals surface area contributed by atoms with Gasteiger partial charge in [0.2, 0.25) is 0 Å². The fourth-order valence-corrected chi connectivity index (χ4v) is 5.25. The largest absolute Gasteiger partial charge is 0.467 e. The van der Waals surface area contributed by atoms with Crippen LogP contribution < -0.4 is 21.1 Å². The summed E-state index contributed by atoms with van der Waals surface area (Å²) in [5.41, 5.74) is 6.53. The smallest absolute Gasteiger partial charge is 0.320 e. The third kappa shape index (κ3) is 2.70. The number of methoxy groups -OCH3 is 1. The molecule has 130 valence electrons.